The van der Waals surface area contributed by atoms with Crippen LogP contribution in [0.1, 0.15) is 52.7 Å². The van der Waals surface area contributed by atoms with Crippen molar-refractivity contribution in [2.24, 2.45) is 0 Å². The van der Waals surface area contributed by atoms with Gasteiger partial charge in [-0.05, 0) is 25.0 Å². The Morgan fingerprint density at radius 1 is 0.957 bits per heavy atom. The van der Waals surface area contributed by atoms with Crippen molar-refractivity contribution in [3.63, 3.8) is 0 Å². The number of para-hydroxylation sites is 1. The fraction of sp³-hybridized carbons (Fsp3) is 0.364. The molecular weight excluding hydrogens is 278 g/mol. The van der Waals surface area contributed by atoms with Gasteiger partial charge >= 0.3 is 0 Å². The normalized spacial score (nSPS) is 12.3. The highest BCUT2D eigenvalue weighted by molar-refractivity contribution is 5.97. The third-order valence-corrected chi connectivity index (χ3v) is 2.88. The smallest absolute Gasteiger partial charge is 0.0526 e. The molecule has 128 valence electrons. The molecule has 0 aromatic heterocycles. The molecule has 0 amide bonds. The van der Waals surface area contributed by atoms with E-state index in [1.807, 2.05) is 13.8 Å². The second-order valence-electron chi connectivity index (χ2n) is 5.29. The SMILES string of the molecule is C.C=C1CN2CC(=C)c3cccc1c32.C=CC.C=CC.CCC. The van der Waals surface area contributed by atoms with Crippen LogP contribution in [0, 0.1) is 0 Å². The number of allylic oxidation sites excluding steroid dienone is 2. The Kier molecular flexibility index (Phi) is 12.7. The fourth-order valence-corrected chi connectivity index (χ4v) is 2.30. The molecule has 1 nitrogen and oxygen atoms in total. The Balaban J connectivity index is 0. The molecule has 2 heterocycles. The van der Waals surface area contributed by atoms with Crippen LogP contribution >= 0.6 is 0 Å². The van der Waals surface area contributed by atoms with Gasteiger partial charge in [-0.1, -0.05) is 71.2 Å². The fourth-order valence-electron chi connectivity index (χ4n) is 2.30. The zero-order chi connectivity index (χ0) is 17.1. The Bertz CT molecular complexity index is 481. The molecule has 0 bridgehead atoms. The van der Waals surface area contributed by atoms with E-state index >= 15 is 0 Å². The summed E-state index contributed by atoms with van der Waals surface area (Å²) in [5, 5.41) is 0. The van der Waals surface area contributed by atoms with Crippen molar-refractivity contribution in [2.45, 2.75) is 41.5 Å². The van der Waals surface area contributed by atoms with Crippen molar-refractivity contribution in [1.82, 2.24) is 0 Å². The first-order valence-corrected chi connectivity index (χ1v) is 7.90. The van der Waals surface area contributed by atoms with Gasteiger partial charge < -0.3 is 4.90 Å². The van der Waals surface area contributed by atoms with E-state index in [-0.39, 0.29) is 7.43 Å². The minimum atomic E-state index is 0. The average molecular weight is 314 g/mol. The molecule has 1 aromatic carbocycles. The summed E-state index contributed by atoms with van der Waals surface area (Å²) < 4.78 is 0. The van der Waals surface area contributed by atoms with Crippen molar-refractivity contribution >= 4 is 16.8 Å². The summed E-state index contributed by atoms with van der Waals surface area (Å²) in [7, 11) is 0. The number of nitrogens with zero attached hydrogens (tertiary/aromatic N) is 1. The maximum absolute atomic E-state index is 4.07. The number of anilines is 1. The van der Waals surface area contributed by atoms with Gasteiger partial charge in [0.25, 0.3) is 0 Å². The molecule has 1 heteroatoms. The van der Waals surface area contributed by atoms with Gasteiger partial charge in [-0.2, -0.15) is 0 Å². The van der Waals surface area contributed by atoms with E-state index in [1.54, 1.807) is 12.2 Å². The molecule has 0 fully saturated rings. The monoisotopic (exact) mass is 313 g/mol. The summed E-state index contributed by atoms with van der Waals surface area (Å²) in [4.78, 5) is 2.36. The van der Waals surface area contributed by atoms with Crippen molar-refractivity contribution in [3.8, 4) is 0 Å². The van der Waals surface area contributed by atoms with Crippen LogP contribution < -0.4 is 4.90 Å². The second-order valence-corrected chi connectivity index (χ2v) is 5.29. The minimum Gasteiger partial charge on any atom is -0.362 e. The lowest BCUT2D eigenvalue weighted by atomic mass is 10.0. The zero-order valence-electron chi connectivity index (χ0n) is 14.8. The van der Waals surface area contributed by atoms with E-state index in [9.17, 15) is 0 Å². The molecule has 0 unspecified atom stereocenters. The first-order chi connectivity index (χ1) is 10.5. The Morgan fingerprint density at radius 2 is 1.26 bits per heavy atom. The predicted octanol–water partition coefficient (Wildman–Crippen LogP) is 6.98. The lowest BCUT2D eigenvalue weighted by Gasteiger charge is -2.09. The van der Waals surface area contributed by atoms with Gasteiger partial charge in [0.05, 0.1) is 5.69 Å². The first-order valence-electron chi connectivity index (χ1n) is 7.90. The summed E-state index contributed by atoms with van der Waals surface area (Å²) in [5.41, 5.74) is 6.47. The standard InChI is InChI=1S/C12H11N.C3H8.2C3H6.CH4/c1-8-6-13-7-9(2)11-5-3-4-10(8)12(11)13;3*1-3-2;/h3-5H,1-2,6-7H2;3H2,1-2H3;2*3H,1H2,2H3;1H4. The van der Waals surface area contributed by atoms with Crippen LogP contribution in [-0.2, 0) is 0 Å². The third-order valence-electron chi connectivity index (χ3n) is 2.88. The van der Waals surface area contributed by atoms with E-state index in [4.69, 9.17) is 0 Å². The summed E-state index contributed by atoms with van der Waals surface area (Å²) >= 11 is 0. The molecule has 0 aliphatic carbocycles. The van der Waals surface area contributed by atoms with E-state index in [0.717, 1.165) is 13.1 Å². The van der Waals surface area contributed by atoms with Crippen LogP contribution in [0.4, 0.5) is 5.69 Å². The number of benzene rings is 1. The quantitative estimate of drug-likeness (QED) is 0.467. The van der Waals surface area contributed by atoms with Crippen molar-refractivity contribution in [1.29, 1.82) is 0 Å². The van der Waals surface area contributed by atoms with E-state index in [1.165, 1.54) is 34.4 Å². The van der Waals surface area contributed by atoms with Crippen molar-refractivity contribution in [3.05, 3.63) is 67.8 Å². The lowest BCUT2D eigenvalue weighted by Crippen LogP contribution is -2.16. The molecule has 23 heavy (non-hydrogen) atoms. The van der Waals surface area contributed by atoms with E-state index < -0.39 is 0 Å². The van der Waals surface area contributed by atoms with Gasteiger partial charge in [0, 0.05) is 24.2 Å². The van der Waals surface area contributed by atoms with Crippen LogP contribution in [0.15, 0.2) is 56.7 Å². The molecule has 0 radical (unpaired) electrons. The van der Waals surface area contributed by atoms with Crippen LogP contribution in [-0.4, -0.2) is 13.1 Å². The number of rotatable bonds is 0. The highest BCUT2D eigenvalue weighted by Crippen LogP contribution is 2.44. The van der Waals surface area contributed by atoms with Crippen LogP contribution in [0.3, 0.4) is 0 Å². The molecule has 3 rings (SSSR count). The topological polar surface area (TPSA) is 3.24 Å². The Labute approximate surface area is 144 Å². The molecule has 0 saturated heterocycles. The van der Waals surface area contributed by atoms with Gasteiger partial charge in [-0.25, -0.2) is 0 Å². The minimum absolute atomic E-state index is 0. The van der Waals surface area contributed by atoms with Crippen LogP contribution in [0.5, 0.6) is 0 Å². The summed E-state index contributed by atoms with van der Waals surface area (Å²) in [5.74, 6) is 0. The molecule has 2 aliphatic heterocycles. The Morgan fingerprint density at radius 3 is 1.57 bits per heavy atom. The number of hydrogen-bond acceptors (Lipinski definition) is 1. The van der Waals surface area contributed by atoms with Crippen molar-refractivity contribution < 1.29 is 0 Å². The molecule has 0 atom stereocenters. The summed E-state index contributed by atoms with van der Waals surface area (Å²) in [6.07, 6.45) is 4.75. The van der Waals surface area contributed by atoms with Gasteiger partial charge in [0.1, 0.15) is 0 Å². The first kappa shape index (κ1) is 23.2. The average Bonchev–Trinajstić information content (AvgIpc) is 2.94. The Hall–Kier alpha value is -2.02. The predicted molar refractivity (Wildman–Crippen MR) is 111 cm³/mol. The third kappa shape index (κ3) is 6.32. The molecule has 0 saturated carbocycles. The van der Waals surface area contributed by atoms with Crippen LogP contribution in [0.2, 0.25) is 0 Å². The second kappa shape index (κ2) is 12.5. The van der Waals surface area contributed by atoms with Gasteiger partial charge in [0.2, 0.25) is 0 Å². The lowest BCUT2D eigenvalue weighted by molar-refractivity contribution is 1.04. The molecular formula is C22H35N. The van der Waals surface area contributed by atoms with Gasteiger partial charge in [0.15, 0.2) is 0 Å². The van der Waals surface area contributed by atoms with Crippen LogP contribution in [0.25, 0.3) is 11.1 Å². The van der Waals surface area contributed by atoms with Gasteiger partial charge in [-0.15, -0.1) is 13.2 Å². The zero-order valence-corrected chi connectivity index (χ0v) is 14.8. The van der Waals surface area contributed by atoms with E-state index in [2.05, 4.69) is 63.3 Å². The maximum Gasteiger partial charge on any atom is 0.0526 e. The highest BCUT2D eigenvalue weighted by atomic mass is 15.2. The van der Waals surface area contributed by atoms with Gasteiger partial charge in [-0.3, -0.25) is 0 Å². The summed E-state index contributed by atoms with van der Waals surface area (Å²) in [6.45, 7) is 24.9. The molecule has 1 aromatic rings. The molecule has 2 aliphatic rings. The molecule has 0 spiro atoms. The largest absolute Gasteiger partial charge is 0.362 e. The summed E-state index contributed by atoms with van der Waals surface area (Å²) in [6, 6.07) is 6.40. The molecule has 0 N–H and O–H groups in total. The maximum atomic E-state index is 4.07. The van der Waals surface area contributed by atoms with E-state index in [0.29, 0.717) is 0 Å². The number of hydrogen-bond donors (Lipinski definition) is 0. The highest BCUT2D eigenvalue weighted by Gasteiger charge is 2.30. The van der Waals surface area contributed by atoms with Crippen molar-refractivity contribution in [2.75, 3.05) is 18.0 Å².